The third-order valence-corrected chi connectivity index (χ3v) is 4.04. The molecule has 0 aliphatic carbocycles. The number of anilines is 1. The van der Waals surface area contributed by atoms with Gasteiger partial charge in [0.05, 0.1) is 0 Å². The molecule has 4 heteroatoms. The summed E-state index contributed by atoms with van der Waals surface area (Å²) in [6, 6.07) is 5.22. The Hall–Kier alpha value is -1.13. The third-order valence-electron chi connectivity index (χ3n) is 4.04. The highest BCUT2D eigenvalue weighted by Gasteiger charge is 2.20. The van der Waals surface area contributed by atoms with E-state index in [-0.39, 0.29) is 0 Å². The SMILES string of the molecule is CNC(C)c1ccc(N2CCCN(C)CC2C)nc1. The second kappa shape index (κ2) is 6.35. The van der Waals surface area contributed by atoms with E-state index in [1.54, 1.807) is 0 Å². The van der Waals surface area contributed by atoms with Gasteiger partial charge in [0.15, 0.2) is 0 Å². The lowest BCUT2D eigenvalue weighted by molar-refractivity contribution is 0.337. The molecule has 0 aromatic carbocycles. The Morgan fingerprint density at radius 2 is 2.16 bits per heavy atom. The van der Waals surface area contributed by atoms with Crippen molar-refractivity contribution in [2.24, 2.45) is 0 Å². The minimum absolute atomic E-state index is 0.356. The predicted octanol–water partition coefficient (Wildman–Crippen LogP) is 1.89. The maximum Gasteiger partial charge on any atom is 0.128 e. The summed E-state index contributed by atoms with van der Waals surface area (Å²) in [6.07, 6.45) is 3.20. The maximum atomic E-state index is 4.66. The molecule has 1 fully saturated rings. The predicted molar refractivity (Wildman–Crippen MR) is 80.6 cm³/mol. The average Bonchev–Trinajstić information content (AvgIpc) is 2.58. The molecule has 4 nitrogen and oxygen atoms in total. The first-order chi connectivity index (χ1) is 9.11. The number of pyridine rings is 1. The Bertz CT molecular complexity index is 390. The van der Waals surface area contributed by atoms with E-state index < -0.39 is 0 Å². The number of hydrogen-bond acceptors (Lipinski definition) is 4. The highest BCUT2D eigenvalue weighted by atomic mass is 15.3. The van der Waals surface area contributed by atoms with Crippen LogP contribution in [-0.2, 0) is 0 Å². The van der Waals surface area contributed by atoms with Crippen molar-refractivity contribution >= 4 is 5.82 Å². The van der Waals surface area contributed by atoms with Crippen LogP contribution in [0.15, 0.2) is 18.3 Å². The van der Waals surface area contributed by atoms with Crippen LogP contribution in [0, 0.1) is 0 Å². The number of nitrogens with one attached hydrogen (secondary N) is 1. The molecule has 0 amide bonds. The van der Waals surface area contributed by atoms with Gasteiger partial charge in [0, 0.05) is 31.4 Å². The number of hydrogen-bond donors (Lipinski definition) is 1. The van der Waals surface area contributed by atoms with Crippen molar-refractivity contribution in [2.45, 2.75) is 32.4 Å². The quantitative estimate of drug-likeness (QED) is 0.901. The lowest BCUT2D eigenvalue weighted by atomic mass is 10.1. The van der Waals surface area contributed by atoms with Crippen molar-refractivity contribution in [3.8, 4) is 0 Å². The third kappa shape index (κ3) is 3.45. The first kappa shape index (κ1) is 14.3. The van der Waals surface area contributed by atoms with Crippen molar-refractivity contribution in [1.82, 2.24) is 15.2 Å². The molecular weight excluding hydrogens is 236 g/mol. The maximum absolute atomic E-state index is 4.66. The molecule has 0 bridgehead atoms. The number of likely N-dealkylation sites (N-methyl/N-ethyl adjacent to an activating group) is 1. The topological polar surface area (TPSA) is 31.4 Å². The Morgan fingerprint density at radius 3 is 2.79 bits per heavy atom. The zero-order valence-corrected chi connectivity index (χ0v) is 12.6. The van der Waals surface area contributed by atoms with Crippen LogP contribution < -0.4 is 10.2 Å². The van der Waals surface area contributed by atoms with E-state index in [9.17, 15) is 0 Å². The van der Waals surface area contributed by atoms with Gasteiger partial charge in [-0.05, 0) is 52.5 Å². The fourth-order valence-corrected chi connectivity index (χ4v) is 2.70. The second-order valence-electron chi connectivity index (χ2n) is 5.62. The Balaban J connectivity index is 2.12. The molecule has 1 aliphatic heterocycles. The molecule has 2 atom stereocenters. The molecule has 0 saturated carbocycles. The van der Waals surface area contributed by atoms with E-state index in [4.69, 9.17) is 0 Å². The molecule has 1 aliphatic rings. The summed E-state index contributed by atoms with van der Waals surface area (Å²) in [5.74, 6) is 1.11. The summed E-state index contributed by atoms with van der Waals surface area (Å²) >= 11 is 0. The molecule has 1 aromatic rings. The van der Waals surface area contributed by atoms with Gasteiger partial charge in [0.25, 0.3) is 0 Å². The van der Waals surface area contributed by atoms with Crippen LogP contribution in [0.25, 0.3) is 0 Å². The van der Waals surface area contributed by atoms with Crippen molar-refractivity contribution in [3.05, 3.63) is 23.9 Å². The molecule has 2 rings (SSSR count). The van der Waals surface area contributed by atoms with Crippen LogP contribution in [0.3, 0.4) is 0 Å². The fraction of sp³-hybridized carbons (Fsp3) is 0.667. The lowest BCUT2D eigenvalue weighted by Gasteiger charge is -2.29. The van der Waals surface area contributed by atoms with Gasteiger partial charge in [-0.1, -0.05) is 6.07 Å². The molecule has 1 N–H and O–H groups in total. The van der Waals surface area contributed by atoms with Crippen LogP contribution >= 0.6 is 0 Å². The van der Waals surface area contributed by atoms with E-state index >= 15 is 0 Å². The zero-order chi connectivity index (χ0) is 13.8. The van der Waals surface area contributed by atoms with E-state index in [1.807, 2.05) is 13.2 Å². The second-order valence-corrected chi connectivity index (χ2v) is 5.62. The van der Waals surface area contributed by atoms with Crippen LogP contribution in [0.5, 0.6) is 0 Å². The smallest absolute Gasteiger partial charge is 0.128 e. The lowest BCUT2D eigenvalue weighted by Crippen LogP contribution is -2.38. The zero-order valence-electron chi connectivity index (χ0n) is 12.6. The van der Waals surface area contributed by atoms with Crippen LogP contribution in [0.4, 0.5) is 5.82 Å². The van der Waals surface area contributed by atoms with Crippen molar-refractivity contribution in [3.63, 3.8) is 0 Å². The number of rotatable bonds is 3. The Morgan fingerprint density at radius 1 is 1.37 bits per heavy atom. The van der Waals surface area contributed by atoms with Crippen molar-refractivity contribution in [2.75, 3.05) is 38.6 Å². The van der Waals surface area contributed by atoms with E-state index in [0.717, 1.165) is 18.9 Å². The first-order valence-electron chi connectivity index (χ1n) is 7.20. The molecule has 19 heavy (non-hydrogen) atoms. The summed E-state index contributed by atoms with van der Waals surface area (Å²) < 4.78 is 0. The van der Waals surface area contributed by atoms with Crippen molar-refractivity contribution in [1.29, 1.82) is 0 Å². The highest BCUT2D eigenvalue weighted by Crippen LogP contribution is 2.20. The summed E-state index contributed by atoms with van der Waals surface area (Å²) in [6.45, 7) is 7.82. The molecular formula is C15H26N4. The molecule has 2 unspecified atom stereocenters. The largest absolute Gasteiger partial charge is 0.353 e. The van der Waals surface area contributed by atoms with Gasteiger partial charge < -0.3 is 15.1 Å². The molecule has 0 spiro atoms. The summed E-state index contributed by atoms with van der Waals surface area (Å²) in [5.41, 5.74) is 1.24. The Kier molecular flexibility index (Phi) is 4.77. The molecule has 1 saturated heterocycles. The Labute approximate surface area is 116 Å². The molecule has 106 valence electrons. The van der Waals surface area contributed by atoms with Gasteiger partial charge >= 0.3 is 0 Å². The average molecular weight is 262 g/mol. The minimum atomic E-state index is 0.356. The van der Waals surface area contributed by atoms with Gasteiger partial charge in [0.1, 0.15) is 5.82 Å². The molecule has 2 heterocycles. The van der Waals surface area contributed by atoms with Gasteiger partial charge in [-0.3, -0.25) is 0 Å². The highest BCUT2D eigenvalue weighted by molar-refractivity contribution is 5.41. The first-order valence-corrected chi connectivity index (χ1v) is 7.20. The van der Waals surface area contributed by atoms with Gasteiger partial charge in [-0.2, -0.15) is 0 Å². The van der Waals surface area contributed by atoms with E-state index in [2.05, 4.69) is 53.1 Å². The number of nitrogens with zero attached hydrogens (tertiary/aromatic N) is 3. The van der Waals surface area contributed by atoms with Crippen molar-refractivity contribution < 1.29 is 0 Å². The standard InChI is InChI=1S/C15H26N4/c1-12-11-18(4)8-5-9-19(12)15-7-6-14(10-17-15)13(2)16-3/h6-7,10,12-13,16H,5,8-9,11H2,1-4H3. The van der Waals surface area contributed by atoms with Gasteiger partial charge in [0.2, 0.25) is 0 Å². The molecule has 1 aromatic heterocycles. The molecule has 0 radical (unpaired) electrons. The summed E-state index contributed by atoms with van der Waals surface area (Å²) in [5, 5.41) is 3.24. The number of aromatic nitrogens is 1. The summed E-state index contributed by atoms with van der Waals surface area (Å²) in [7, 11) is 4.18. The fourth-order valence-electron chi connectivity index (χ4n) is 2.70. The monoisotopic (exact) mass is 262 g/mol. The van der Waals surface area contributed by atoms with E-state index in [1.165, 1.54) is 18.5 Å². The summed E-state index contributed by atoms with van der Waals surface area (Å²) in [4.78, 5) is 9.49. The van der Waals surface area contributed by atoms with Crippen LogP contribution in [0.1, 0.15) is 31.9 Å². The van der Waals surface area contributed by atoms with Gasteiger partial charge in [-0.15, -0.1) is 0 Å². The van der Waals surface area contributed by atoms with Crippen LogP contribution in [-0.4, -0.2) is 49.7 Å². The minimum Gasteiger partial charge on any atom is -0.353 e. The normalized spacial score (nSPS) is 23.2. The van der Waals surface area contributed by atoms with Gasteiger partial charge in [-0.25, -0.2) is 4.98 Å². The van der Waals surface area contributed by atoms with Crippen LogP contribution in [0.2, 0.25) is 0 Å². The van der Waals surface area contributed by atoms with E-state index in [0.29, 0.717) is 12.1 Å².